The summed E-state index contributed by atoms with van der Waals surface area (Å²) >= 11 is 9.53. The summed E-state index contributed by atoms with van der Waals surface area (Å²) in [6, 6.07) is 0. The minimum absolute atomic E-state index is 0.194. The second-order valence-corrected chi connectivity index (χ2v) is 3.60. The van der Waals surface area contributed by atoms with Crippen molar-refractivity contribution in [3.63, 3.8) is 0 Å². The summed E-state index contributed by atoms with van der Waals surface area (Å²) in [5.41, 5.74) is 0. The fraction of sp³-hybridized carbons (Fsp3) is 0.875. The number of carboxylic acid groups (broad SMARTS) is 1. The van der Waals surface area contributed by atoms with Crippen LogP contribution in [-0.2, 0) is 4.79 Å². The number of nitrogens with zero attached hydrogens (tertiary/aromatic N) is 1. The highest BCUT2D eigenvalue weighted by molar-refractivity contribution is 6.40. The largest absolute Gasteiger partial charge is 0.481 e. The van der Waals surface area contributed by atoms with Gasteiger partial charge in [-0.1, -0.05) is 0 Å². The molecule has 0 atom stereocenters. The van der Waals surface area contributed by atoms with Gasteiger partial charge in [0.15, 0.2) is 0 Å². The Kier molecular flexibility index (Phi) is 8.61. The van der Waals surface area contributed by atoms with Crippen LogP contribution in [0.1, 0.15) is 19.3 Å². The number of rotatable bonds is 3. The highest BCUT2D eigenvalue weighted by Gasteiger charge is 2.11. The van der Waals surface area contributed by atoms with Gasteiger partial charge < -0.3 is 10.0 Å². The van der Waals surface area contributed by atoms with E-state index in [-0.39, 0.29) is 5.34 Å². The first-order valence-electron chi connectivity index (χ1n) is 4.26. The summed E-state index contributed by atoms with van der Waals surface area (Å²) in [6.07, 6.45) is 2.76. The van der Waals surface area contributed by atoms with Gasteiger partial charge in [0.25, 0.3) is 0 Å². The van der Waals surface area contributed by atoms with E-state index >= 15 is 0 Å². The van der Waals surface area contributed by atoms with Gasteiger partial charge >= 0.3 is 5.97 Å². The van der Waals surface area contributed by atoms with Gasteiger partial charge in [-0.15, -0.1) is 23.2 Å². The molecule has 5 heteroatoms. The third kappa shape index (κ3) is 8.34. The lowest BCUT2D eigenvalue weighted by atomic mass is 10.4. The molecule has 1 fully saturated rings. The summed E-state index contributed by atoms with van der Waals surface area (Å²) in [5, 5.41) is 8.54. The highest BCUT2D eigenvalue weighted by Crippen LogP contribution is 2.06. The van der Waals surface area contributed by atoms with Crippen molar-refractivity contribution in [3.05, 3.63) is 0 Å². The van der Waals surface area contributed by atoms with Crippen molar-refractivity contribution in [2.24, 2.45) is 0 Å². The Morgan fingerprint density at radius 2 is 1.77 bits per heavy atom. The first kappa shape index (κ1) is 13.0. The Morgan fingerprint density at radius 3 is 2.15 bits per heavy atom. The van der Waals surface area contributed by atoms with Crippen molar-refractivity contribution in [2.45, 2.75) is 19.3 Å². The third-order valence-electron chi connectivity index (χ3n) is 1.84. The quantitative estimate of drug-likeness (QED) is 0.751. The van der Waals surface area contributed by atoms with Gasteiger partial charge in [-0.2, -0.15) is 0 Å². The van der Waals surface area contributed by atoms with Crippen LogP contribution in [0.15, 0.2) is 0 Å². The molecule has 0 bridgehead atoms. The lowest BCUT2D eigenvalue weighted by molar-refractivity contribution is -0.137. The number of likely N-dealkylation sites (tertiary alicyclic amines) is 1. The van der Waals surface area contributed by atoms with Crippen LogP contribution in [0.4, 0.5) is 0 Å². The highest BCUT2D eigenvalue weighted by atomic mass is 35.5. The Morgan fingerprint density at radius 1 is 1.31 bits per heavy atom. The number of alkyl halides is 2. The molecule has 13 heavy (non-hydrogen) atoms. The average Bonchev–Trinajstić information content (AvgIpc) is 2.54. The molecule has 0 aromatic rings. The molecule has 0 saturated carbocycles. The fourth-order valence-corrected chi connectivity index (χ4v) is 1.26. The molecule has 1 rings (SSSR count). The van der Waals surface area contributed by atoms with Gasteiger partial charge in [0.05, 0.1) is 11.8 Å². The zero-order valence-electron chi connectivity index (χ0n) is 7.51. The van der Waals surface area contributed by atoms with Crippen LogP contribution < -0.4 is 0 Å². The minimum Gasteiger partial charge on any atom is -0.481 e. The van der Waals surface area contributed by atoms with E-state index in [0.717, 1.165) is 19.6 Å². The van der Waals surface area contributed by atoms with Crippen molar-refractivity contribution in [1.29, 1.82) is 0 Å². The van der Waals surface area contributed by atoms with Crippen molar-refractivity contribution < 1.29 is 9.90 Å². The smallest absolute Gasteiger partial charge is 0.304 e. The topological polar surface area (TPSA) is 40.5 Å². The first-order chi connectivity index (χ1) is 6.20. The van der Waals surface area contributed by atoms with Crippen LogP contribution in [0.3, 0.4) is 0 Å². The molecule has 1 aliphatic rings. The maximum Gasteiger partial charge on any atom is 0.304 e. The van der Waals surface area contributed by atoms with E-state index in [1.165, 1.54) is 12.8 Å². The Hall–Kier alpha value is 0.01000. The molecule has 78 valence electrons. The number of halogens is 2. The predicted octanol–water partition coefficient (Wildman–Crippen LogP) is 1.98. The van der Waals surface area contributed by atoms with Gasteiger partial charge in [-0.05, 0) is 25.9 Å². The number of carbonyl (C=O) groups is 1. The van der Waals surface area contributed by atoms with Crippen LogP contribution in [0.25, 0.3) is 0 Å². The zero-order chi connectivity index (χ0) is 10.1. The Labute approximate surface area is 88.6 Å². The number of carboxylic acids is 1. The summed E-state index contributed by atoms with van der Waals surface area (Å²) in [7, 11) is 0. The zero-order valence-corrected chi connectivity index (χ0v) is 9.02. The first-order valence-corrected chi connectivity index (χ1v) is 5.33. The minimum atomic E-state index is -0.688. The van der Waals surface area contributed by atoms with Crippen molar-refractivity contribution >= 4 is 29.2 Å². The maximum atomic E-state index is 10.1. The van der Waals surface area contributed by atoms with E-state index < -0.39 is 5.97 Å². The van der Waals surface area contributed by atoms with E-state index in [9.17, 15) is 4.79 Å². The molecule has 1 aliphatic heterocycles. The van der Waals surface area contributed by atoms with Crippen molar-refractivity contribution in [1.82, 2.24) is 4.90 Å². The summed E-state index contributed by atoms with van der Waals surface area (Å²) < 4.78 is 0. The van der Waals surface area contributed by atoms with Crippen molar-refractivity contribution in [3.8, 4) is 0 Å². The number of hydrogen-bond donors (Lipinski definition) is 1. The average molecular weight is 228 g/mol. The van der Waals surface area contributed by atoms with E-state index in [0.29, 0.717) is 6.42 Å². The van der Waals surface area contributed by atoms with E-state index in [1.54, 1.807) is 0 Å². The van der Waals surface area contributed by atoms with Crippen LogP contribution in [-0.4, -0.2) is 40.9 Å². The standard InChI is InChI=1S/C7H13NO2.CH2Cl2/c9-7(10)3-6-8-4-1-2-5-8;2-1-3/h1-6H2,(H,9,10);1H2. The van der Waals surface area contributed by atoms with Crippen molar-refractivity contribution in [2.75, 3.05) is 25.0 Å². The van der Waals surface area contributed by atoms with Gasteiger partial charge in [0.1, 0.15) is 0 Å². The lowest BCUT2D eigenvalue weighted by Crippen LogP contribution is -2.22. The van der Waals surface area contributed by atoms with Crippen LogP contribution >= 0.6 is 23.2 Å². The number of aliphatic carboxylic acids is 1. The molecule has 1 N–H and O–H groups in total. The van der Waals surface area contributed by atoms with Crippen LogP contribution in [0.2, 0.25) is 0 Å². The molecule has 0 aromatic heterocycles. The third-order valence-corrected chi connectivity index (χ3v) is 1.84. The molecule has 0 aromatic carbocycles. The molecule has 0 aliphatic carbocycles. The van der Waals surface area contributed by atoms with E-state index in [1.807, 2.05) is 0 Å². The molecule has 1 heterocycles. The number of hydrogen-bond acceptors (Lipinski definition) is 2. The lowest BCUT2D eigenvalue weighted by Gasteiger charge is -2.11. The summed E-state index contributed by atoms with van der Waals surface area (Å²) in [6.45, 7) is 2.91. The summed E-state index contributed by atoms with van der Waals surface area (Å²) in [4.78, 5) is 12.3. The monoisotopic (exact) mass is 227 g/mol. The van der Waals surface area contributed by atoms with Gasteiger partial charge in [0, 0.05) is 6.54 Å². The molecular formula is C8H15Cl2NO2. The van der Waals surface area contributed by atoms with E-state index in [4.69, 9.17) is 28.3 Å². The summed E-state index contributed by atoms with van der Waals surface area (Å²) in [5.74, 6) is -0.688. The predicted molar refractivity (Wildman–Crippen MR) is 54.5 cm³/mol. The second kappa shape index (κ2) is 8.60. The van der Waals surface area contributed by atoms with Gasteiger partial charge in [0.2, 0.25) is 0 Å². The van der Waals surface area contributed by atoms with Crippen LogP contribution in [0.5, 0.6) is 0 Å². The van der Waals surface area contributed by atoms with Crippen LogP contribution in [0, 0.1) is 0 Å². The SMILES string of the molecule is ClCCl.O=C(O)CCN1CCCC1. The Bertz CT molecular complexity index is 138. The maximum absolute atomic E-state index is 10.1. The molecule has 0 spiro atoms. The Balaban J connectivity index is 0.000000424. The molecule has 0 radical (unpaired) electrons. The molecule has 1 saturated heterocycles. The fourth-order valence-electron chi connectivity index (χ4n) is 1.26. The molecule has 0 unspecified atom stereocenters. The van der Waals surface area contributed by atoms with Gasteiger partial charge in [-0.25, -0.2) is 0 Å². The van der Waals surface area contributed by atoms with Gasteiger partial charge in [-0.3, -0.25) is 4.79 Å². The normalized spacial score (nSPS) is 16.5. The molecular weight excluding hydrogens is 213 g/mol. The second-order valence-electron chi connectivity index (χ2n) is 2.79. The molecule has 0 amide bonds. The molecule has 3 nitrogen and oxygen atoms in total. The van der Waals surface area contributed by atoms with E-state index in [2.05, 4.69) is 4.90 Å².